The molecule has 0 aromatic carbocycles. The maximum atomic E-state index is 9.15. The average Bonchev–Trinajstić information content (AvgIpc) is 2.77. The number of aromatic nitrogens is 2. The molecule has 0 saturated carbocycles. The third-order valence-corrected chi connectivity index (χ3v) is 3.00. The lowest BCUT2D eigenvalue weighted by Crippen LogP contribution is -2.36. The fraction of sp³-hybridized carbons (Fsp3) is 0.818. The summed E-state index contributed by atoms with van der Waals surface area (Å²) in [7, 11) is 1.60. The second-order valence-electron chi connectivity index (χ2n) is 4.46. The lowest BCUT2D eigenvalue weighted by Gasteiger charge is -2.30. The van der Waals surface area contributed by atoms with Crippen LogP contribution in [0.5, 0.6) is 0 Å². The standard InChI is InChI=1S/C11H19N3O3/c1-16-8-10-12-11(17-13-10)6-14-4-2-3-9(5-14)7-15/h9,15H,2-8H2,1H3. The Labute approximate surface area is 101 Å². The van der Waals surface area contributed by atoms with Gasteiger partial charge >= 0.3 is 0 Å². The Kier molecular flexibility index (Phi) is 4.47. The summed E-state index contributed by atoms with van der Waals surface area (Å²) in [6.07, 6.45) is 2.22. The molecular weight excluding hydrogens is 222 g/mol. The molecule has 2 rings (SSSR count). The quantitative estimate of drug-likeness (QED) is 0.805. The lowest BCUT2D eigenvalue weighted by molar-refractivity contribution is 0.107. The average molecular weight is 241 g/mol. The van der Waals surface area contributed by atoms with Crippen molar-refractivity contribution >= 4 is 0 Å². The Morgan fingerprint density at radius 3 is 3.24 bits per heavy atom. The first kappa shape index (κ1) is 12.5. The molecule has 1 aromatic heterocycles. The molecule has 0 spiro atoms. The minimum atomic E-state index is 0.259. The Morgan fingerprint density at radius 2 is 2.47 bits per heavy atom. The van der Waals surface area contributed by atoms with Crippen molar-refractivity contribution < 1.29 is 14.4 Å². The SMILES string of the molecule is COCc1noc(CN2CCCC(CO)C2)n1. The molecular formula is C11H19N3O3. The van der Waals surface area contributed by atoms with E-state index in [0.29, 0.717) is 30.8 Å². The third-order valence-electron chi connectivity index (χ3n) is 3.00. The van der Waals surface area contributed by atoms with Gasteiger partial charge in [-0.15, -0.1) is 0 Å². The van der Waals surface area contributed by atoms with Gasteiger partial charge in [-0.05, 0) is 25.3 Å². The number of methoxy groups -OCH3 is 1. The van der Waals surface area contributed by atoms with E-state index >= 15 is 0 Å². The molecule has 0 bridgehead atoms. The van der Waals surface area contributed by atoms with Gasteiger partial charge in [0.25, 0.3) is 0 Å². The van der Waals surface area contributed by atoms with Crippen molar-refractivity contribution in [2.75, 3.05) is 26.8 Å². The second kappa shape index (κ2) is 6.09. The molecule has 0 radical (unpaired) electrons. The summed E-state index contributed by atoms with van der Waals surface area (Å²) in [5.41, 5.74) is 0. The van der Waals surface area contributed by atoms with Crippen LogP contribution in [-0.4, -0.2) is 47.0 Å². The van der Waals surface area contributed by atoms with Crippen molar-refractivity contribution in [1.29, 1.82) is 0 Å². The highest BCUT2D eigenvalue weighted by Gasteiger charge is 2.20. The number of hydrogen-bond donors (Lipinski definition) is 1. The highest BCUT2D eigenvalue weighted by atomic mass is 16.5. The predicted octanol–water partition coefficient (Wildman–Crippen LogP) is 0.420. The van der Waals surface area contributed by atoms with Gasteiger partial charge in [0.05, 0.1) is 6.54 Å². The highest BCUT2D eigenvalue weighted by molar-refractivity contribution is 4.85. The number of ether oxygens (including phenoxy) is 1. The third kappa shape index (κ3) is 3.49. The molecule has 2 heterocycles. The number of aliphatic hydroxyl groups is 1. The predicted molar refractivity (Wildman–Crippen MR) is 60.1 cm³/mol. The van der Waals surface area contributed by atoms with Gasteiger partial charge in [-0.25, -0.2) is 0 Å². The summed E-state index contributed by atoms with van der Waals surface area (Å²) in [6, 6.07) is 0. The van der Waals surface area contributed by atoms with Crippen LogP contribution in [0.25, 0.3) is 0 Å². The molecule has 1 aliphatic heterocycles. The Bertz CT molecular complexity index is 342. The first-order chi connectivity index (χ1) is 8.31. The second-order valence-corrected chi connectivity index (χ2v) is 4.46. The van der Waals surface area contributed by atoms with Gasteiger partial charge in [-0.1, -0.05) is 5.16 Å². The van der Waals surface area contributed by atoms with Gasteiger partial charge < -0.3 is 14.4 Å². The van der Waals surface area contributed by atoms with E-state index in [0.717, 1.165) is 25.9 Å². The van der Waals surface area contributed by atoms with E-state index in [2.05, 4.69) is 15.0 Å². The van der Waals surface area contributed by atoms with E-state index < -0.39 is 0 Å². The Morgan fingerprint density at radius 1 is 1.59 bits per heavy atom. The van der Waals surface area contributed by atoms with Crippen LogP contribution in [0, 0.1) is 5.92 Å². The first-order valence-corrected chi connectivity index (χ1v) is 5.95. The number of nitrogens with zero attached hydrogens (tertiary/aromatic N) is 3. The molecule has 1 saturated heterocycles. The van der Waals surface area contributed by atoms with E-state index in [1.54, 1.807) is 7.11 Å². The van der Waals surface area contributed by atoms with Crippen molar-refractivity contribution in [3.8, 4) is 0 Å². The Balaban J connectivity index is 1.86. The first-order valence-electron chi connectivity index (χ1n) is 5.95. The molecule has 1 unspecified atom stereocenters. The number of aliphatic hydroxyl groups excluding tert-OH is 1. The minimum absolute atomic E-state index is 0.259. The van der Waals surface area contributed by atoms with Crippen LogP contribution < -0.4 is 0 Å². The molecule has 1 aliphatic rings. The summed E-state index contributed by atoms with van der Waals surface area (Å²) in [5, 5.41) is 13.0. The van der Waals surface area contributed by atoms with Crippen molar-refractivity contribution in [2.45, 2.75) is 26.0 Å². The highest BCUT2D eigenvalue weighted by Crippen LogP contribution is 2.17. The maximum Gasteiger partial charge on any atom is 0.240 e. The van der Waals surface area contributed by atoms with Crippen LogP contribution in [-0.2, 0) is 17.9 Å². The topological polar surface area (TPSA) is 71.6 Å². The van der Waals surface area contributed by atoms with Gasteiger partial charge in [0.15, 0.2) is 5.82 Å². The zero-order chi connectivity index (χ0) is 12.1. The van der Waals surface area contributed by atoms with Gasteiger partial charge in [-0.2, -0.15) is 4.98 Å². The van der Waals surface area contributed by atoms with Crippen LogP contribution in [0.2, 0.25) is 0 Å². The monoisotopic (exact) mass is 241 g/mol. The molecule has 1 N–H and O–H groups in total. The summed E-state index contributed by atoms with van der Waals surface area (Å²) in [5.74, 6) is 1.58. The number of hydrogen-bond acceptors (Lipinski definition) is 6. The zero-order valence-electron chi connectivity index (χ0n) is 10.1. The molecule has 1 aromatic rings. The minimum Gasteiger partial charge on any atom is -0.396 e. The summed E-state index contributed by atoms with van der Waals surface area (Å²) >= 11 is 0. The molecule has 1 fully saturated rings. The molecule has 0 amide bonds. The van der Waals surface area contributed by atoms with Gasteiger partial charge in [-0.3, -0.25) is 4.90 Å². The smallest absolute Gasteiger partial charge is 0.240 e. The Hall–Kier alpha value is -0.980. The normalized spacial score (nSPS) is 21.9. The molecule has 1 atom stereocenters. The summed E-state index contributed by atoms with van der Waals surface area (Å²) in [6.45, 7) is 3.22. The van der Waals surface area contributed by atoms with E-state index in [1.165, 1.54) is 0 Å². The van der Waals surface area contributed by atoms with Gasteiger partial charge in [0.1, 0.15) is 6.61 Å². The maximum absolute atomic E-state index is 9.15. The largest absolute Gasteiger partial charge is 0.396 e. The molecule has 96 valence electrons. The van der Waals surface area contributed by atoms with Crippen LogP contribution in [0.1, 0.15) is 24.6 Å². The number of likely N-dealkylation sites (tertiary alicyclic amines) is 1. The van der Waals surface area contributed by atoms with Crippen LogP contribution in [0.3, 0.4) is 0 Å². The van der Waals surface area contributed by atoms with Crippen molar-refractivity contribution in [2.24, 2.45) is 5.92 Å². The van der Waals surface area contributed by atoms with Crippen molar-refractivity contribution in [1.82, 2.24) is 15.0 Å². The summed E-state index contributed by atoms with van der Waals surface area (Å²) in [4.78, 5) is 6.48. The van der Waals surface area contributed by atoms with Crippen molar-refractivity contribution in [3.63, 3.8) is 0 Å². The zero-order valence-corrected chi connectivity index (χ0v) is 10.1. The molecule has 17 heavy (non-hydrogen) atoms. The molecule has 6 nitrogen and oxygen atoms in total. The molecule has 6 heteroatoms. The van der Waals surface area contributed by atoms with Crippen molar-refractivity contribution in [3.05, 3.63) is 11.7 Å². The van der Waals surface area contributed by atoms with E-state index in [1.807, 2.05) is 0 Å². The number of rotatable bonds is 5. The lowest BCUT2D eigenvalue weighted by atomic mass is 9.99. The fourth-order valence-electron chi connectivity index (χ4n) is 2.18. The van der Waals surface area contributed by atoms with E-state index in [-0.39, 0.29) is 6.61 Å². The van der Waals surface area contributed by atoms with Gasteiger partial charge in [0, 0.05) is 20.3 Å². The van der Waals surface area contributed by atoms with Crippen LogP contribution in [0.4, 0.5) is 0 Å². The van der Waals surface area contributed by atoms with Crippen LogP contribution in [0.15, 0.2) is 4.52 Å². The van der Waals surface area contributed by atoms with E-state index in [4.69, 9.17) is 14.4 Å². The number of piperidine rings is 1. The fourth-order valence-corrected chi connectivity index (χ4v) is 2.18. The van der Waals surface area contributed by atoms with E-state index in [9.17, 15) is 0 Å². The van der Waals surface area contributed by atoms with Gasteiger partial charge in [0.2, 0.25) is 5.89 Å². The van der Waals surface area contributed by atoms with Crippen LogP contribution >= 0.6 is 0 Å². The summed E-state index contributed by atoms with van der Waals surface area (Å²) < 4.78 is 10.1. The molecule has 0 aliphatic carbocycles.